The van der Waals surface area contributed by atoms with Crippen LogP contribution >= 0.6 is 11.3 Å². The van der Waals surface area contributed by atoms with Crippen molar-refractivity contribution in [1.29, 1.82) is 0 Å². The summed E-state index contributed by atoms with van der Waals surface area (Å²) in [7, 11) is 1.93. The second-order valence-corrected chi connectivity index (χ2v) is 7.57. The number of hydrogen-bond acceptors (Lipinski definition) is 6. The number of fused-ring (bicyclic) bond motifs is 1. The molecule has 138 valence electrons. The first-order chi connectivity index (χ1) is 12.9. The van der Waals surface area contributed by atoms with Gasteiger partial charge in [-0.1, -0.05) is 11.3 Å². The van der Waals surface area contributed by atoms with Gasteiger partial charge in [0.25, 0.3) is 5.91 Å². The number of carbonyl (C=O) groups excluding carboxylic acids is 1. The summed E-state index contributed by atoms with van der Waals surface area (Å²) in [4.78, 5) is 26.8. The van der Waals surface area contributed by atoms with Crippen LogP contribution in [0, 0.1) is 6.92 Å². The molecule has 27 heavy (non-hydrogen) atoms. The lowest BCUT2D eigenvalue weighted by Crippen LogP contribution is -2.12. The van der Waals surface area contributed by atoms with E-state index in [0.29, 0.717) is 10.7 Å². The summed E-state index contributed by atoms with van der Waals surface area (Å²) in [6.07, 6.45) is 6.92. The van der Waals surface area contributed by atoms with Crippen molar-refractivity contribution in [1.82, 2.24) is 29.3 Å². The predicted molar refractivity (Wildman–Crippen MR) is 105 cm³/mol. The number of thiazole rings is 1. The fourth-order valence-corrected chi connectivity index (χ4v) is 3.85. The molecule has 0 bridgehead atoms. The highest BCUT2D eigenvalue weighted by molar-refractivity contribution is 7.19. The molecule has 4 aromatic rings. The first-order valence-electron chi connectivity index (χ1n) is 8.53. The standard InChI is InChI=1S/C18H19N7OS/c1-10(2)25-15-12(9-21-25)7-13(8-20-15)17(26)23-18-22-11(3)14(27-18)16-19-5-6-24(16)4/h5-10H,1-4H3,(H,22,23,26). The molecule has 4 aromatic heterocycles. The van der Waals surface area contributed by atoms with E-state index in [4.69, 9.17) is 0 Å². The molecule has 0 radical (unpaired) electrons. The van der Waals surface area contributed by atoms with Crippen LogP contribution in [0.25, 0.3) is 21.7 Å². The smallest absolute Gasteiger partial charge is 0.259 e. The fraction of sp³-hybridized carbons (Fsp3) is 0.278. The van der Waals surface area contributed by atoms with Gasteiger partial charge in [-0.2, -0.15) is 5.10 Å². The summed E-state index contributed by atoms with van der Waals surface area (Å²) in [5.41, 5.74) is 2.07. The summed E-state index contributed by atoms with van der Waals surface area (Å²) < 4.78 is 3.76. The zero-order chi connectivity index (χ0) is 19.1. The van der Waals surface area contributed by atoms with Crippen LogP contribution in [0.5, 0.6) is 0 Å². The van der Waals surface area contributed by atoms with E-state index in [0.717, 1.165) is 27.4 Å². The molecular weight excluding hydrogens is 362 g/mol. The Labute approximate surface area is 159 Å². The average molecular weight is 381 g/mol. The molecule has 0 atom stereocenters. The molecule has 4 rings (SSSR count). The van der Waals surface area contributed by atoms with Crippen LogP contribution in [0.1, 0.15) is 35.9 Å². The molecule has 9 heteroatoms. The number of carbonyl (C=O) groups is 1. The molecule has 0 aliphatic rings. The Bertz CT molecular complexity index is 1140. The highest BCUT2D eigenvalue weighted by atomic mass is 32.1. The number of nitrogens with zero attached hydrogens (tertiary/aromatic N) is 6. The molecule has 0 unspecified atom stereocenters. The summed E-state index contributed by atoms with van der Waals surface area (Å²) in [5, 5.41) is 8.56. The highest BCUT2D eigenvalue weighted by Gasteiger charge is 2.17. The Balaban J connectivity index is 1.59. The molecular formula is C18H19N7OS. The summed E-state index contributed by atoms with van der Waals surface area (Å²) in [6.45, 7) is 5.99. The van der Waals surface area contributed by atoms with Gasteiger partial charge in [0.15, 0.2) is 16.6 Å². The van der Waals surface area contributed by atoms with E-state index in [-0.39, 0.29) is 11.9 Å². The van der Waals surface area contributed by atoms with E-state index >= 15 is 0 Å². The highest BCUT2D eigenvalue weighted by Crippen LogP contribution is 2.31. The molecule has 0 aromatic carbocycles. The van der Waals surface area contributed by atoms with Crippen molar-refractivity contribution in [2.45, 2.75) is 26.8 Å². The predicted octanol–water partition coefficient (Wildman–Crippen LogP) is 3.43. The zero-order valence-electron chi connectivity index (χ0n) is 15.5. The number of amides is 1. The van der Waals surface area contributed by atoms with Gasteiger partial charge in [-0.3, -0.25) is 10.1 Å². The second-order valence-electron chi connectivity index (χ2n) is 6.57. The third-order valence-corrected chi connectivity index (χ3v) is 5.29. The van der Waals surface area contributed by atoms with Gasteiger partial charge in [0, 0.05) is 37.1 Å². The number of pyridine rings is 1. The Morgan fingerprint density at radius 3 is 2.78 bits per heavy atom. The van der Waals surface area contributed by atoms with Crippen LogP contribution < -0.4 is 5.32 Å². The van der Waals surface area contributed by atoms with Gasteiger partial charge in [-0.15, -0.1) is 0 Å². The Morgan fingerprint density at radius 2 is 2.07 bits per heavy atom. The lowest BCUT2D eigenvalue weighted by molar-refractivity contribution is 0.102. The van der Waals surface area contributed by atoms with E-state index in [9.17, 15) is 4.79 Å². The van der Waals surface area contributed by atoms with Crippen LogP contribution in [-0.4, -0.2) is 35.2 Å². The Morgan fingerprint density at radius 1 is 1.26 bits per heavy atom. The minimum atomic E-state index is -0.248. The molecule has 8 nitrogen and oxygen atoms in total. The maximum absolute atomic E-state index is 12.6. The van der Waals surface area contributed by atoms with Crippen LogP contribution in [-0.2, 0) is 7.05 Å². The maximum atomic E-state index is 12.6. The average Bonchev–Trinajstić information content (AvgIpc) is 3.32. The van der Waals surface area contributed by atoms with Crippen LogP contribution in [0.2, 0.25) is 0 Å². The minimum Gasteiger partial charge on any atom is -0.333 e. The number of rotatable bonds is 4. The van der Waals surface area contributed by atoms with Crippen molar-refractivity contribution in [3.8, 4) is 10.7 Å². The lowest BCUT2D eigenvalue weighted by Gasteiger charge is -2.06. The lowest BCUT2D eigenvalue weighted by atomic mass is 10.2. The van der Waals surface area contributed by atoms with Crippen molar-refractivity contribution in [2.24, 2.45) is 7.05 Å². The first-order valence-corrected chi connectivity index (χ1v) is 9.35. The van der Waals surface area contributed by atoms with Crippen molar-refractivity contribution in [3.05, 3.63) is 42.1 Å². The summed E-state index contributed by atoms with van der Waals surface area (Å²) in [5.74, 6) is 0.580. The monoisotopic (exact) mass is 381 g/mol. The van der Waals surface area contributed by atoms with Gasteiger partial charge in [-0.05, 0) is 26.8 Å². The Hall–Kier alpha value is -3.07. The van der Waals surface area contributed by atoms with Crippen molar-refractivity contribution < 1.29 is 4.79 Å². The summed E-state index contributed by atoms with van der Waals surface area (Å²) in [6, 6.07) is 2.00. The van der Waals surface area contributed by atoms with Crippen molar-refractivity contribution >= 4 is 33.4 Å². The number of aromatic nitrogens is 6. The second kappa shape index (κ2) is 6.58. The number of aryl methyl sites for hydroxylation is 2. The molecule has 4 heterocycles. The molecule has 0 aliphatic carbocycles. The van der Waals surface area contributed by atoms with Gasteiger partial charge >= 0.3 is 0 Å². The first kappa shape index (κ1) is 17.3. The largest absolute Gasteiger partial charge is 0.333 e. The number of anilines is 1. The molecule has 1 amide bonds. The summed E-state index contributed by atoms with van der Waals surface area (Å²) >= 11 is 1.40. The van der Waals surface area contributed by atoms with Gasteiger partial charge in [0.05, 0.1) is 22.3 Å². The minimum absolute atomic E-state index is 0.206. The third-order valence-electron chi connectivity index (χ3n) is 4.23. The van der Waals surface area contributed by atoms with Crippen molar-refractivity contribution in [3.63, 3.8) is 0 Å². The molecule has 0 fully saturated rings. The molecule has 0 spiro atoms. The number of imidazole rings is 1. The molecule has 0 aliphatic heterocycles. The maximum Gasteiger partial charge on any atom is 0.259 e. The van der Waals surface area contributed by atoms with Gasteiger partial charge in [0.2, 0.25) is 0 Å². The SMILES string of the molecule is Cc1nc(NC(=O)c2cnc3c(cnn3C(C)C)c2)sc1-c1nccn1C. The van der Waals surface area contributed by atoms with E-state index in [2.05, 4.69) is 25.4 Å². The normalized spacial score (nSPS) is 11.4. The van der Waals surface area contributed by atoms with E-state index in [1.807, 2.05) is 43.3 Å². The van der Waals surface area contributed by atoms with Gasteiger partial charge in [0.1, 0.15) is 0 Å². The number of nitrogens with one attached hydrogen (secondary N) is 1. The Kier molecular flexibility index (Phi) is 4.23. The quantitative estimate of drug-likeness (QED) is 0.585. The number of hydrogen-bond donors (Lipinski definition) is 1. The van der Waals surface area contributed by atoms with Crippen LogP contribution in [0.15, 0.2) is 30.9 Å². The molecule has 0 saturated heterocycles. The fourth-order valence-electron chi connectivity index (χ4n) is 2.85. The van der Waals surface area contributed by atoms with E-state index in [1.54, 1.807) is 24.7 Å². The van der Waals surface area contributed by atoms with Crippen LogP contribution in [0.3, 0.4) is 0 Å². The van der Waals surface area contributed by atoms with Crippen LogP contribution in [0.4, 0.5) is 5.13 Å². The van der Waals surface area contributed by atoms with Gasteiger partial charge in [-0.25, -0.2) is 19.6 Å². The molecule has 0 saturated carbocycles. The molecule has 1 N–H and O–H groups in total. The third kappa shape index (κ3) is 3.10. The topological polar surface area (TPSA) is 90.5 Å². The zero-order valence-corrected chi connectivity index (χ0v) is 16.3. The van der Waals surface area contributed by atoms with E-state index in [1.165, 1.54) is 11.3 Å². The van der Waals surface area contributed by atoms with E-state index < -0.39 is 0 Å². The van der Waals surface area contributed by atoms with Crippen molar-refractivity contribution in [2.75, 3.05) is 5.32 Å². The van der Waals surface area contributed by atoms with Gasteiger partial charge < -0.3 is 4.57 Å².